The van der Waals surface area contributed by atoms with Gasteiger partial charge in [0.25, 0.3) is 0 Å². The fourth-order valence-corrected chi connectivity index (χ4v) is 2.94. The Morgan fingerprint density at radius 2 is 2.11 bits per heavy atom. The maximum atomic E-state index is 12.1. The molecule has 0 unspecified atom stereocenters. The molecule has 0 saturated carbocycles. The molecule has 1 amide bonds. The Hall–Kier alpha value is -3.01. The Labute approximate surface area is 156 Å². The quantitative estimate of drug-likeness (QED) is 0.560. The van der Waals surface area contributed by atoms with Gasteiger partial charge in [-0.3, -0.25) is 19.6 Å². The lowest BCUT2D eigenvalue weighted by Gasteiger charge is -2.34. The average molecular weight is 373 g/mol. The van der Waals surface area contributed by atoms with Crippen molar-refractivity contribution in [1.82, 2.24) is 25.0 Å². The van der Waals surface area contributed by atoms with Crippen molar-refractivity contribution >= 4 is 17.4 Å². The van der Waals surface area contributed by atoms with Crippen molar-refractivity contribution in [3.8, 4) is 0 Å². The number of pyridine rings is 1. The van der Waals surface area contributed by atoms with Gasteiger partial charge in [0, 0.05) is 57.4 Å². The van der Waals surface area contributed by atoms with Crippen LogP contribution in [0, 0.1) is 10.1 Å². The van der Waals surface area contributed by atoms with Crippen molar-refractivity contribution in [3.05, 3.63) is 46.4 Å². The first-order valence-electron chi connectivity index (χ1n) is 8.84. The van der Waals surface area contributed by atoms with E-state index >= 15 is 0 Å². The van der Waals surface area contributed by atoms with Crippen LogP contribution in [0.4, 0.5) is 11.5 Å². The molecule has 1 aliphatic heterocycles. The largest absolute Gasteiger partial charge is 0.354 e. The number of hydrogen-bond donors (Lipinski definition) is 1. The van der Waals surface area contributed by atoms with Crippen molar-refractivity contribution < 1.29 is 9.72 Å². The lowest BCUT2D eigenvalue weighted by molar-refractivity contribution is -0.385. The minimum atomic E-state index is -0.508. The third kappa shape index (κ3) is 5.00. The van der Waals surface area contributed by atoms with E-state index in [1.807, 2.05) is 12.1 Å². The number of likely N-dealkylation sites (N-methyl/N-ethyl adjacent to an activating group) is 1. The van der Waals surface area contributed by atoms with E-state index in [0.29, 0.717) is 6.54 Å². The summed E-state index contributed by atoms with van der Waals surface area (Å²) in [7, 11) is 2.10. The van der Waals surface area contributed by atoms with Gasteiger partial charge in [0.2, 0.25) is 5.91 Å². The number of nitrogens with one attached hydrogen (secondary N) is 1. The van der Waals surface area contributed by atoms with Crippen LogP contribution >= 0.6 is 0 Å². The van der Waals surface area contributed by atoms with Crippen molar-refractivity contribution in [2.24, 2.45) is 0 Å². The van der Waals surface area contributed by atoms with Crippen LogP contribution in [0.15, 0.2) is 30.7 Å². The maximum Gasteiger partial charge on any atom is 0.306 e. The molecule has 0 aromatic carbocycles. The molecule has 3 heterocycles. The smallest absolute Gasteiger partial charge is 0.306 e. The van der Waals surface area contributed by atoms with Gasteiger partial charge < -0.3 is 15.1 Å². The molecule has 2 aromatic heterocycles. The zero-order chi connectivity index (χ0) is 19.2. The molecule has 144 valence electrons. The number of carbonyl (C=O) groups excluding carboxylic acids is 1. The Morgan fingerprint density at radius 1 is 1.33 bits per heavy atom. The van der Waals surface area contributed by atoms with Crippen molar-refractivity contribution in [3.63, 3.8) is 0 Å². The highest BCUT2D eigenvalue weighted by molar-refractivity contribution is 5.76. The van der Waals surface area contributed by atoms with Gasteiger partial charge >= 0.3 is 5.69 Å². The number of nitro groups is 1. The molecule has 0 aliphatic carbocycles. The second-order valence-corrected chi connectivity index (χ2v) is 6.52. The number of hydrogen-bond acceptors (Lipinski definition) is 7. The molecule has 0 atom stereocenters. The minimum Gasteiger partial charge on any atom is -0.354 e. The summed E-state index contributed by atoms with van der Waals surface area (Å²) in [6.07, 6.45) is 4.46. The molecule has 1 N–H and O–H groups in total. The van der Waals surface area contributed by atoms with Gasteiger partial charge in [0.05, 0.1) is 4.92 Å². The predicted octanol–water partition coefficient (Wildman–Crippen LogP) is 0.645. The minimum absolute atomic E-state index is 0.0809. The van der Waals surface area contributed by atoms with Crippen LogP contribution < -0.4 is 10.2 Å². The Morgan fingerprint density at radius 3 is 2.81 bits per heavy atom. The van der Waals surface area contributed by atoms with E-state index in [4.69, 9.17) is 0 Å². The first-order valence-corrected chi connectivity index (χ1v) is 8.84. The molecule has 10 heteroatoms. The number of nitrogens with zero attached hydrogens (tertiary/aromatic N) is 6. The molecule has 1 aliphatic rings. The summed E-state index contributed by atoms with van der Waals surface area (Å²) in [5.74, 6) is 0.773. The normalized spacial score (nSPS) is 14.9. The zero-order valence-electron chi connectivity index (χ0n) is 15.2. The van der Waals surface area contributed by atoms with Crippen molar-refractivity contribution in [2.45, 2.75) is 19.5 Å². The highest BCUT2D eigenvalue weighted by atomic mass is 16.6. The topological polar surface area (TPSA) is 109 Å². The fraction of sp³-hybridized carbons (Fsp3) is 0.471. The van der Waals surface area contributed by atoms with E-state index in [-0.39, 0.29) is 24.6 Å². The summed E-state index contributed by atoms with van der Waals surface area (Å²) in [5, 5.41) is 17.4. The molecule has 1 saturated heterocycles. The van der Waals surface area contributed by atoms with Crippen molar-refractivity contribution in [1.29, 1.82) is 0 Å². The van der Waals surface area contributed by atoms with Crippen LogP contribution in [0.1, 0.15) is 12.0 Å². The Bertz CT molecular complexity index is 799. The summed E-state index contributed by atoms with van der Waals surface area (Å²) >= 11 is 0. The zero-order valence-corrected chi connectivity index (χ0v) is 15.2. The van der Waals surface area contributed by atoms with E-state index < -0.39 is 4.92 Å². The van der Waals surface area contributed by atoms with Gasteiger partial charge in [0.15, 0.2) is 0 Å². The van der Waals surface area contributed by atoms with Gasteiger partial charge in [0.1, 0.15) is 18.2 Å². The van der Waals surface area contributed by atoms with Gasteiger partial charge in [-0.2, -0.15) is 5.10 Å². The molecule has 1 fully saturated rings. The Kier molecular flexibility index (Phi) is 5.97. The third-order valence-electron chi connectivity index (χ3n) is 4.54. The molecule has 2 aromatic rings. The molecule has 27 heavy (non-hydrogen) atoms. The number of aryl methyl sites for hydroxylation is 1. The second-order valence-electron chi connectivity index (χ2n) is 6.52. The lowest BCUT2D eigenvalue weighted by atomic mass is 10.2. The van der Waals surface area contributed by atoms with E-state index in [2.05, 4.69) is 32.2 Å². The first kappa shape index (κ1) is 18.8. The number of carbonyl (C=O) groups is 1. The highest BCUT2D eigenvalue weighted by Crippen LogP contribution is 2.18. The summed E-state index contributed by atoms with van der Waals surface area (Å²) in [4.78, 5) is 31.3. The van der Waals surface area contributed by atoms with Crippen LogP contribution in [-0.2, 0) is 17.9 Å². The fourth-order valence-electron chi connectivity index (χ4n) is 2.94. The van der Waals surface area contributed by atoms with E-state index in [0.717, 1.165) is 37.6 Å². The summed E-state index contributed by atoms with van der Waals surface area (Å²) in [6.45, 7) is 4.47. The molecule has 0 radical (unpaired) electrons. The number of piperazine rings is 1. The lowest BCUT2D eigenvalue weighted by Crippen LogP contribution is -2.45. The second kappa shape index (κ2) is 8.58. The number of aromatic nitrogens is 3. The standard InChI is InChI=1S/C17H23N7O3/c1-21-7-9-22(10-8-21)17-14(3-2-5-18-17)11-19-16(25)4-6-23-13-15(12-20-23)24(26)27/h2-3,5,12-13H,4,6-11H2,1H3,(H,19,25). The van der Waals surface area contributed by atoms with Crippen LogP contribution in [0.3, 0.4) is 0 Å². The monoisotopic (exact) mass is 373 g/mol. The summed E-state index contributed by atoms with van der Waals surface area (Å²) in [6, 6.07) is 3.84. The maximum absolute atomic E-state index is 12.1. The summed E-state index contributed by atoms with van der Waals surface area (Å²) < 4.78 is 1.40. The van der Waals surface area contributed by atoms with E-state index in [1.165, 1.54) is 17.1 Å². The number of rotatable bonds is 7. The van der Waals surface area contributed by atoms with Gasteiger partial charge in [-0.1, -0.05) is 6.07 Å². The molecular weight excluding hydrogens is 350 g/mol. The molecular formula is C17H23N7O3. The first-order chi connectivity index (χ1) is 13.0. The molecule has 0 spiro atoms. The predicted molar refractivity (Wildman–Crippen MR) is 99.3 cm³/mol. The van der Waals surface area contributed by atoms with E-state index in [9.17, 15) is 14.9 Å². The van der Waals surface area contributed by atoms with Crippen molar-refractivity contribution in [2.75, 3.05) is 38.1 Å². The average Bonchev–Trinajstić information content (AvgIpc) is 3.15. The van der Waals surface area contributed by atoms with Crippen LogP contribution in [0.5, 0.6) is 0 Å². The van der Waals surface area contributed by atoms with E-state index in [1.54, 1.807) is 6.20 Å². The molecule has 3 rings (SSSR count). The molecule has 10 nitrogen and oxygen atoms in total. The Balaban J connectivity index is 1.52. The van der Waals surface area contributed by atoms with Gasteiger partial charge in [-0.15, -0.1) is 0 Å². The van der Waals surface area contributed by atoms with Crippen LogP contribution in [0.2, 0.25) is 0 Å². The number of anilines is 1. The highest BCUT2D eigenvalue weighted by Gasteiger charge is 2.18. The SMILES string of the molecule is CN1CCN(c2ncccc2CNC(=O)CCn2cc([N+](=O)[O-])cn2)CC1. The van der Waals surface area contributed by atoms with Crippen LogP contribution in [-0.4, -0.2) is 63.7 Å². The molecule has 0 bridgehead atoms. The number of amides is 1. The van der Waals surface area contributed by atoms with Crippen LogP contribution in [0.25, 0.3) is 0 Å². The van der Waals surface area contributed by atoms with Gasteiger partial charge in [-0.25, -0.2) is 4.98 Å². The summed E-state index contributed by atoms with van der Waals surface area (Å²) in [5.41, 5.74) is 0.896. The third-order valence-corrected chi connectivity index (χ3v) is 4.54. The van der Waals surface area contributed by atoms with Gasteiger partial charge in [-0.05, 0) is 13.1 Å².